The smallest absolute Gasteiger partial charge is 0.246 e. The number of hydrogen-bond donors (Lipinski definition) is 0. The van der Waals surface area contributed by atoms with E-state index in [0.717, 1.165) is 25.7 Å². The van der Waals surface area contributed by atoms with Gasteiger partial charge in [-0.1, -0.05) is 56.2 Å². The second-order valence-electron chi connectivity index (χ2n) is 5.57. The van der Waals surface area contributed by atoms with Crippen LogP contribution in [0.2, 0.25) is 0 Å². The zero-order valence-corrected chi connectivity index (χ0v) is 14.8. The van der Waals surface area contributed by atoms with Gasteiger partial charge in [-0.3, -0.25) is 14.9 Å². The summed E-state index contributed by atoms with van der Waals surface area (Å²) in [5.41, 5.74) is 0.245. The minimum absolute atomic E-state index is 0.245. The molecular formula is C20H30NO3. The lowest BCUT2D eigenvalue weighted by atomic mass is 10.2. The molecule has 0 aromatic carbocycles. The van der Waals surface area contributed by atoms with Gasteiger partial charge in [0.25, 0.3) is 0 Å². The monoisotopic (exact) mass is 332 g/mol. The SMILES string of the molecule is CCCCC/C=C\C/C=C(\C/C=C\C/C=C\CCC[C]=O)[N+](=O)[O-]. The lowest BCUT2D eigenvalue weighted by molar-refractivity contribution is -0.427. The number of nitrogens with zero attached hydrogens (tertiary/aromatic N) is 1. The van der Waals surface area contributed by atoms with Crippen molar-refractivity contribution in [3.05, 3.63) is 58.3 Å². The van der Waals surface area contributed by atoms with Crippen molar-refractivity contribution >= 4 is 6.29 Å². The van der Waals surface area contributed by atoms with Crippen molar-refractivity contribution < 1.29 is 9.72 Å². The first-order valence-electron chi connectivity index (χ1n) is 8.85. The molecule has 0 aliphatic carbocycles. The van der Waals surface area contributed by atoms with E-state index in [-0.39, 0.29) is 10.6 Å². The summed E-state index contributed by atoms with van der Waals surface area (Å²) in [7, 11) is 0. The molecule has 24 heavy (non-hydrogen) atoms. The summed E-state index contributed by atoms with van der Waals surface area (Å²) in [6.07, 6.45) is 24.0. The van der Waals surface area contributed by atoms with Gasteiger partial charge in [0.1, 0.15) is 0 Å². The third kappa shape index (κ3) is 14.9. The van der Waals surface area contributed by atoms with E-state index in [1.165, 1.54) is 19.3 Å². The molecule has 4 heteroatoms. The van der Waals surface area contributed by atoms with Crippen LogP contribution in [0.5, 0.6) is 0 Å². The Morgan fingerprint density at radius 2 is 1.62 bits per heavy atom. The average Bonchev–Trinajstić information content (AvgIpc) is 2.57. The summed E-state index contributed by atoms with van der Waals surface area (Å²) in [4.78, 5) is 20.7. The lowest BCUT2D eigenvalue weighted by Gasteiger charge is -1.94. The van der Waals surface area contributed by atoms with E-state index in [0.29, 0.717) is 19.3 Å². The maximum absolute atomic E-state index is 11.0. The molecule has 4 nitrogen and oxygen atoms in total. The number of hydrogen-bond acceptors (Lipinski definition) is 3. The van der Waals surface area contributed by atoms with E-state index in [2.05, 4.69) is 13.0 Å². The van der Waals surface area contributed by atoms with Gasteiger partial charge in [-0.15, -0.1) is 0 Å². The highest BCUT2D eigenvalue weighted by atomic mass is 16.6. The van der Waals surface area contributed by atoms with Gasteiger partial charge >= 0.3 is 0 Å². The topological polar surface area (TPSA) is 60.2 Å². The lowest BCUT2D eigenvalue weighted by Crippen LogP contribution is -1.97. The van der Waals surface area contributed by atoms with Crippen molar-refractivity contribution in [1.29, 1.82) is 0 Å². The zero-order valence-electron chi connectivity index (χ0n) is 14.8. The molecular weight excluding hydrogens is 302 g/mol. The predicted molar refractivity (Wildman–Crippen MR) is 100 cm³/mol. The summed E-state index contributed by atoms with van der Waals surface area (Å²) in [5.74, 6) is 0. The molecule has 1 radical (unpaired) electrons. The molecule has 0 amide bonds. The van der Waals surface area contributed by atoms with Crippen LogP contribution in [0.4, 0.5) is 0 Å². The van der Waals surface area contributed by atoms with Crippen LogP contribution in [0.15, 0.2) is 48.2 Å². The summed E-state index contributed by atoms with van der Waals surface area (Å²) < 4.78 is 0. The Morgan fingerprint density at radius 1 is 0.958 bits per heavy atom. The van der Waals surface area contributed by atoms with Gasteiger partial charge in [-0.05, 0) is 44.6 Å². The molecule has 0 aliphatic heterocycles. The fourth-order valence-electron chi connectivity index (χ4n) is 2.05. The van der Waals surface area contributed by atoms with Crippen LogP contribution in [0.25, 0.3) is 0 Å². The Labute approximate surface area is 146 Å². The molecule has 133 valence electrons. The van der Waals surface area contributed by atoms with Crippen LogP contribution >= 0.6 is 0 Å². The van der Waals surface area contributed by atoms with Crippen molar-refractivity contribution in [1.82, 2.24) is 0 Å². The number of carbonyl (C=O) groups excluding carboxylic acids is 1. The van der Waals surface area contributed by atoms with Crippen LogP contribution in [0.3, 0.4) is 0 Å². The van der Waals surface area contributed by atoms with Crippen LogP contribution < -0.4 is 0 Å². The maximum atomic E-state index is 11.0. The average molecular weight is 332 g/mol. The number of nitro groups is 1. The highest BCUT2D eigenvalue weighted by molar-refractivity contribution is 5.50. The summed E-state index contributed by atoms with van der Waals surface area (Å²) in [6, 6.07) is 0. The Kier molecular flexibility index (Phi) is 16.0. The number of allylic oxidation sites excluding steroid dienone is 7. The van der Waals surface area contributed by atoms with Gasteiger partial charge in [-0.2, -0.15) is 0 Å². The molecule has 0 heterocycles. The molecule has 0 aromatic heterocycles. The first-order chi connectivity index (χ1) is 11.7. The van der Waals surface area contributed by atoms with E-state index in [1.807, 2.05) is 36.7 Å². The second-order valence-corrected chi connectivity index (χ2v) is 5.57. The fourth-order valence-corrected chi connectivity index (χ4v) is 2.05. The Balaban J connectivity index is 4.02. The van der Waals surface area contributed by atoms with Gasteiger partial charge in [0.15, 0.2) is 6.29 Å². The van der Waals surface area contributed by atoms with Gasteiger partial charge < -0.3 is 0 Å². The third-order valence-corrected chi connectivity index (χ3v) is 3.45. The highest BCUT2D eigenvalue weighted by Crippen LogP contribution is 2.07. The van der Waals surface area contributed by atoms with Crippen molar-refractivity contribution in [3.8, 4) is 0 Å². The first-order valence-corrected chi connectivity index (χ1v) is 8.85. The largest absolute Gasteiger partial charge is 0.291 e. The van der Waals surface area contributed by atoms with Gasteiger partial charge in [0.05, 0.1) is 11.3 Å². The maximum Gasteiger partial charge on any atom is 0.246 e. The summed E-state index contributed by atoms with van der Waals surface area (Å²) in [6.45, 7) is 2.17. The van der Waals surface area contributed by atoms with E-state index < -0.39 is 0 Å². The normalized spacial score (nSPS) is 12.6. The quantitative estimate of drug-likeness (QED) is 0.164. The number of rotatable bonds is 15. The van der Waals surface area contributed by atoms with E-state index in [4.69, 9.17) is 0 Å². The van der Waals surface area contributed by atoms with Crippen LogP contribution in [0, 0.1) is 10.1 Å². The fraction of sp³-hybridized carbons (Fsp3) is 0.550. The minimum atomic E-state index is -0.305. The first kappa shape index (κ1) is 22.0. The molecule has 0 rings (SSSR count). The van der Waals surface area contributed by atoms with Crippen molar-refractivity contribution in [3.63, 3.8) is 0 Å². The molecule has 0 saturated carbocycles. The number of unbranched alkanes of at least 4 members (excludes halogenated alkanes) is 5. The molecule has 0 saturated heterocycles. The standard InChI is InChI=1S/C20H30NO3/c1-2-3-4-5-8-11-14-17-20(21(23)24)18-15-12-9-6-7-10-13-16-19-22/h6-8,11-12,15,17H,2-5,9-10,13-14,16,18H2,1H3/b7-6-,11-8-,15-12-,20-17+. The second kappa shape index (κ2) is 17.4. The van der Waals surface area contributed by atoms with Crippen LogP contribution in [0.1, 0.15) is 71.1 Å². The van der Waals surface area contributed by atoms with Crippen molar-refractivity contribution in [2.24, 2.45) is 0 Å². The Bertz CT molecular complexity index is 448. The predicted octanol–water partition coefficient (Wildman–Crippen LogP) is 5.85. The van der Waals surface area contributed by atoms with Crippen LogP contribution in [-0.4, -0.2) is 11.2 Å². The Hall–Kier alpha value is -1.97. The van der Waals surface area contributed by atoms with Crippen molar-refractivity contribution in [2.75, 3.05) is 0 Å². The van der Waals surface area contributed by atoms with E-state index in [9.17, 15) is 14.9 Å². The minimum Gasteiger partial charge on any atom is -0.291 e. The van der Waals surface area contributed by atoms with Gasteiger partial charge in [0, 0.05) is 6.42 Å². The van der Waals surface area contributed by atoms with Gasteiger partial charge in [-0.25, -0.2) is 0 Å². The molecule has 0 fully saturated rings. The summed E-state index contributed by atoms with van der Waals surface area (Å²) >= 11 is 0. The summed E-state index contributed by atoms with van der Waals surface area (Å²) in [5, 5.41) is 11.0. The van der Waals surface area contributed by atoms with E-state index >= 15 is 0 Å². The molecule has 0 spiro atoms. The highest BCUT2D eigenvalue weighted by Gasteiger charge is 2.06. The molecule has 0 bridgehead atoms. The van der Waals surface area contributed by atoms with Crippen molar-refractivity contribution in [2.45, 2.75) is 71.1 Å². The van der Waals surface area contributed by atoms with Crippen LogP contribution in [-0.2, 0) is 4.79 Å². The Morgan fingerprint density at radius 3 is 2.29 bits per heavy atom. The molecule has 0 atom stereocenters. The molecule has 0 aromatic rings. The third-order valence-electron chi connectivity index (χ3n) is 3.45. The molecule has 0 aliphatic rings. The zero-order chi connectivity index (χ0) is 17.9. The van der Waals surface area contributed by atoms with E-state index in [1.54, 1.807) is 6.08 Å². The molecule has 0 unspecified atom stereocenters. The molecule has 0 N–H and O–H groups in total. The van der Waals surface area contributed by atoms with Gasteiger partial charge in [0.2, 0.25) is 5.70 Å².